The molecule has 3 rings (SSSR count). The number of carbonyl (C=O) groups excluding carboxylic acids is 2. The summed E-state index contributed by atoms with van der Waals surface area (Å²) in [4.78, 5) is 22.9. The highest BCUT2D eigenvalue weighted by molar-refractivity contribution is 6.14. The first-order chi connectivity index (χ1) is 5.24. The second-order valence-electron chi connectivity index (χ2n) is 4.18. The lowest BCUT2D eigenvalue weighted by Crippen LogP contribution is -2.32. The van der Waals surface area contributed by atoms with E-state index in [1.165, 1.54) is 0 Å². The van der Waals surface area contributed by atoms with Crippen LogP contribution in [-0.4, -0.2) is 11.6 Å². The maximum atomic E-state index is 11.5. The average Bonchev–Trinajstić information content (AvgIpc) is 2.80. The zero-order chi connectivity index (χ0) is 7.64. The van der Waals surface area contributed by atoms with Gasteiger partial charge in [-0.3, -0.25) is 9.59 Å². The Morgan fingerprint density at radius 1 is 1.27 bits per heavy atom. The van der Waals surface area contributed by atoms with Crippen LogP contribution < -0.4 is 0 Å². The molecule has 11 heavy (non-hydrogen) atoms. The molecule has 0 radical (unpaired) electrons. The standard InChI is InChI=1S/C9H10O2/c10-7-4-5-3-6(5)8(11)9(7)1-2-9/h5-6H,1-4H2/t5-,6-/m1/s1. The van der Waals surface area contributed by atoms with Crippen LogP contribution in [0.1, 0.15) is 25.7 Å². The van der Waals surface area contributed by atoms with Gasteiger partial charge in [0.25, 0.3) is 0 Å². The average molecular weight is 150 g/mol. The van der Waals surface area contributed by atoms with Crippen molar-refractivity contribution in [3.8, 4) is 0 Å². The smallest absolute Gasteiger partial charge is 0.149 e. The van der Waals surface area contributed by atoms with Crippen molar-refractivity contribution >= 4 is 11.6 Å². The fraction of sp³-hybridized carbons (Fsp3) is 0.778. The summed E-state index contributed by atoms with van der Waals surface area (Å²) in [5.41, 5.74) is -0.419. The van der Waals surface area contributed by atoms with Crippen molar-refractivity contribution in [2.45, 2.75) is 25.7 Å². The molecule has 0 aromatic rings. The molecular weight excluding hydrogens is 140 g/mol. The molecule has 3 aliphatic rings. The molecule has 0 bridgehead atoms. The number of carbonyl (C=O) groups is 2. The van der Waals surface area contributed by atoms with Gasteiger partial charge in [0.15, 0.2) is 0 Å². The third-order valence-electron chi connectivity index (χ3n) is 3.46. The minimum Gasteiger partial charge on any atom is -0.299 e. The molecule has 2 atom stereocenters. The highest BCUT2D eigenvalue weighted by Gasteiger charge is 2.65. The van der Waals surface area contributed by atoms with Gasteiger partial charge in [0.2, 0.25) is 0 Å². The van der Waals surface area contributed by atoms with Crippen molar-refractivity contribution in [2.24, 2.45) is 17.3 Å². The summed E-state index contributed by atoms with van der Waals surface area (Å²) in [6.07, 6.45) is 3.42. The van der Waals surface area contributed by atoms with Gasteiger partial charge in [-0.05, 0) is 25.2 Å². The van der Waals surface area contributed by atoms with E-state index in [1.54, 1.807) is 0 Å². The molecule has 0 aliphatic heterocycles. The summed E-state index contributed by atoms with van der Waals surface area (Å²) in [7, 11) is 0. The van der Waals surface area contributed by atoms with Crippen molar-refractivity contribution in [1.82, 2.24) is 0 Å². The van der Waals surface area contributed by atoms with E-state index in [-0.39, 0.29) is 5.78 Å². The maximum Gasteiger partial charge on any atom is 0.149 e. The van der Waals surface area contributed by atoms with Crippen LogP contribution in [0.15, 0.2) is 0 Å². The number of fused-ring (bicyclic) bond motifs is 1. The molecule has 0 saturated heterocycles. The zero-order valence-corrected chi connectivity index (χ0v) is 6.30. The molecule has 58 valence electrons. The topological polar surface area (TPSA) is 34.1 Å². The first kappa shape index (κ1) is 5.92. The first-order valence-electron chi connectivity index (χ1n) is 4.32. The van der Waals surface area contributed by atoms with Gasteiger partial charge >= 0.3 is 0 Å². The molecule has 0 aromatic heterocycles. The molecule has 3 fully saturated rings. The van der Waals surface area contributed by atoms with E-state index in [2.05, 4.69) is 0 Å². The van der Waals surface area contributed by atoms with Gasteiger partial charge in [0, 0.05) is 12.3 Å². The van der Waals surface area contributed by atoms with Crippen molar-refractivity contribution in [3.63, 3.8) is 0 Å². The van der Waals surface area contributed by atoms with E-state index in [0.29, 0.717) is 24.0 Å². The van der Waals surface area contributed by atoms with E-state index < -0.39 is 5.41 Å². The van der Waals surface area contributed by atoms with E-state index in [0.717, 1.165) is 19.3 Å². The largest absolute Gasteiger partial charge is 0.299 e. The van der Waals surface area contributed by atoms with Gasteiger partial charge < -0.3 is 0 Å². The Kier molecular flexibility index (Phi) is 0.768. The summed E-state index contributed by atoms with van der Waals surface area (Å²) in [6.45, 7) is 0. The normalized spacial score (nSPS) is 44.0. The Labute approximate surface area is 65.0 Å². The van der Waals surface area contributed by atoms with Crippen LogP contribution in [0.3, 0.4) is 0 Å². The van der Waals surface area contributed by atoms with E-state index in [9.17, 15) is 9.59 Å². The highest BCUT2D eigenvalue weighted by Crippen LogP contribution is 2.61. The second-order valence-corrected chi connectivity index (χ2v) is 4.18. The van der Waals surface area contributed by atoms with Crippen molar-refractivity contribution < 1.29 is 9.59 Å². The number of Topliss-reactive ketones (excluding diaryl/α,β-unsaturated/α-hetero) is 2. The summed E-state index contributed by atoms with van der Waals surface area (Å²) in [5, 5.41) is 0. The molecule has 2 nitrogen and oxygen atoms in total. The molecule has 0 amide bonds. The molecule has 0 N–H and O–H groups in total. The van der Waals surface area contributed by atoms with E-state index in [4.69, 9.17) is 0 Å². The minimum atomic E-state index is -0.419. The lowest BCUT2D eigenvalue weighted by atomic mass is 9.84. The predicted octanol–water partition coefficient (Wildman–Crippen LogP) is 0.945. The Bertz CT molecular complexity index is 263. The van der Waals surface area contributed by atoms with Crippen molar-refractivity contribution in [3.05, 3.63) is 0 Å². The fourth-order valence-electron chi connectivity index (χ4n) is 2.37. The first-order valence-corrected chi connectivity index (χ1v) is 4.32. The van der Waals surface area contributed by atoms with Crippen LogP contribution >= 0.6 is 0 Å². The number of rotatable bonds is 0. The van der Waals surface area contributed by atoms with Crippen molar-refractivity contribution in [1.29, 1.82) is 0 Å². The fourth-order valence-corrected chi connectivity index (χ4v) is 2.37. The lowest BCUT2D eigenvalue weighted by Gasteiger charge is -2.16. The van der Waals surface area contributed by atoms with E-state index >= 15 is 0 Å². The molecule has 0 heterocycles. The molecule has 3 aliphatic carbocycles. The zero-order valence-electron chi connectivity index (χ0n) is 6.30. The summed E-state index contributed by atoms with van der Waals surface area (Å²) >= 11 is 0. The van der Waals surface area contributed by atoms with Crippen LogP contribution in [0, 0.1) is 17.3 Å². The Morgan fingerprint density at radius 2 is 2.00 bits per heavy atom. The van der Waals surface area contributed by atoms with Crippen LogP contribution in [0.2, 0.25) is 0 Å². The van der Waals surface area contributed by atoms with Crippen molar-refractivity contribution in [2.75, 3.05) is 0 Å². The van der Waals surface area contributed by atoms with Gasteiger partial charge in [-0.1, -0.05) is 0 Å². The quantitative estimate of drug-likeness (QED) is 0.482. The Morgan fingerprint density at radius 3 is 2.64 bits per heavy atom. The van der Waals surface area contributed by atoms with Gasteiger partial charge in [0.1, 0.15) is 11.6 Å². The highest BCUT2D eigenvalue weighted by atomic mass is 16.2. The van der Waals surface area contributed by atoms with Gasteiger partial charge in [-0.2, -0.15) is 0 Å². The van der Waals surface area contributed by atoms with Gasteiger partial charge in [-0.25, -0.2) is 0 Å². The third-order valence-corrected chi connectivity index (χ3v) is 3.46. The summed E-state index contributed by atoms with van der Waals surface area (Å²) in [5.74, 6) is 1.30. The maximum absolute atomic E-state index is 11.5. The number of ketones is 2. The van der Waals surface area contributed by atoms with E-state index in [1.807, 2.05) is 0 Å². The van der Waals surface area contributed by atoms with Crippen LogP contribution in [0.4, 0.5) is 0 Å². The summed E-state index contributed by atoms with van der Waals surface area (Å²) < 4.78 is 0. The molecule has 0 unspecified atom stereocenters. The molecule has 0 aromatic carbocycles. The molecule has 1 spiro atoms. The van der Waals surface area contributed by atoms with Crippen LogP contribution in [-0.2, 0) is 9.59 Å². The molecular formula is C9H10O2. The predicted molar refractivity (Wildman–Crippen MR) is 37.9 cm³/mol. The second kappa shape index (κ2) is 1.43. The van der Waals surface area contributed by atoms with Crippen LogP contribution in [0.25, 0.3) is 0 Å². The minimum absolute atomic E-state index is 0.251. The molecule has 2 heteroatoms. The Balaban J connectivity index is 2.02. The third kappa shape index (κ3) is 0.547. The molecule has 3 saturated carbocycles. The van der Waals surface area contributed by atoms with Gasteiger partial charge in [0.05, 0.1) is 5.41 Å². The SMILES string of the molecule is O=C1C[C@H]2C[C@H]2C(=O)C12CC2. The monoisotopic (exact) mass is 150 g/mol. The summed E-state index contributed by atoms with van der Waals surface area (Å²) in [6, 6.07) is 0. The number of hydrogen-bond acceptors (Lipinski definition) is 2. The number of hydrogen-bond donors (Lipinski definition) is 0. The Hall–Kier alpha value is -0.660. The van der Waals surface area contributed by atoms with Gasteiger partial charge in [-0.15, -0.1) is 0 Å². The lowest BCUT2D eigenvalue weighted by molar-refractivity contribution is -0.138. The van der Waals surface area contributed by atoms with Crippen LogP contribution in [0.5, 0.6) is 0 Å².